The number of hydrogen-bond donors (Lipinski definition) is 1. The van der Waals surface area contributed by atoms with Gasteiger partial charge in [-0.1, -0.05) is 48.5 Å². The van der Waals surface area contributed by atoms with E-state index in [-0.39, 0.29) is 12.1 Å². The molecule has 4 aromatic rings. The van der Waals surface area contributed by atoms with Crippen LogP contribution in [0.5, 0.6) is 0 Å². The number of rotatable bonds is 4. The molecule has 4 rings (SSSR count). The summed E-state index contributed by atoms with van der Waals surface area (Å²) in [5.41, 5.74) is 1.88. The Bertz CT molecular complexity index is 1060. The van der Waals surface area contributed by atoms with Crippen LogP contribution in [0.1, 0.15) is 11.7 Å². The van der Waals surface area contributed by atoms with Gasteiger partial charge in [-0.25, -0.2) is 9.67 Å². The third-order valence-electron chi connectivity index (χ3n) is 4.11. The number of fused-ring (bicyclic) bond motifs is 1. The van der Waals surface area contributed by atoms with Crippen molar-refractivity contribution < 1.29 is 5.11 Å². The van der Waals surface area contributed by atoms with Crippen molar-refractivity contribution in [3.8, 4) is 5.69 Å². The van der Waals surface area contributed by atoms with Crippen LogP contribution < -0.4 is 5.56 Å². The minimum absolute atomic E-state index is 0.141. The van der Waals surface area contributed by atoms with Crippen LogP contribution in [0.4, 0.5) is 0 Å². The minimum atomic E-state index is -0.776. The van der Waals surface area contributed by atoms with E-state index in [1.807, 2.05) is 60.7 Å². The molecule has 2 aromatic carbocycles. The fraction of sp³-hybridized carbons (Fsp3) is 0.105. The topological polar surface area (TPSA) is 72.9 Å². The van der Waals surface area contributed by atoms with Gasteiger partial charge in [0.15, 0.2) is 5.65 Å². The molecular weight excluding hydrogens is 316 g/mol. The fourth-order valence-electron chi connectivity index (χ4n) is 2.80. The smallest absolute Gasteiger partial charge is 0.264 e. The van der Waals surface area contributed by atoms with Gasteiger partial charge in [-0.05, 0) is 17.7 Å². The predicted octanol–water partition coefficient (Wildman–Crippen LogP) is 2.32. The molecule has 0 radical (unpaired) electrons. The number of hydrogen-bond acceptors (Lipinski definition) is 4. The van der Waals surface area contributed by atoms with Crippen LogP contribution in [0.25, 0.3) is 16.7 Å². The summed E-state index contributed by atoms with van der Waals surface area (Å²) >= 11 is 0. The maximum Gasteiger partial charge on any atom is 0.264 e. The first-order valence-electron chi connectivity index (χ1n) is 7.95. The Labute approximate surface area is 143 Å². The van der Waals surface area contributed by atoms with Crippen LogP contribution in [-0.2, 0) is 6.54 Å². The van der Waals surface area contributed by atoms with Gasteiger partial charge < -0.3 is 5.11 Å². The average Bonchev–Trinajstić information content (AvgIpc) is 3.10. The maximum atomic E-state index is 12.7. The van der Waals surface area contributed by atoms with E-state index >= 15 is 0 Å². The third-order valence-corrected chi connectivity index (χ3v) is 4.11. The lowest BCUT2D eigenvalue weighted by molar-refractivity contribution is 0.155. The average molecular weight is 332 g/mol. The van der Waals surface area contributed by atoms with Gasteiger partial charge >= 0.3 is 0 Å². The summed E-state index contributed by atoms with van der Waals surface area (Å²) in [5.74, 6) is 0. The van der Waals surface area contributed by atoms with E-state index < -0.39 is 6.10 Å². The molecule has 1 unspecified atom stereocenters. The van der Waals surface area contributed by atoms with Gasteiger partial charge in [0.1, 0.15) is 11.7 Å². The maximum absolute atomic E-state index is 12.7. The molecule has 6 heteroatoms. The zero-order valence-corrected chi connectivity index (χ0v) is 13.4. The molecule has 0 amide bonds. The van der Waals surface area contributed by atoms with E-state index in [1.165, 1.54) is 17.1 Å². The van der Waals surface area contributed by atoms with E-state index in [1.54, 1.807) is 4.68 Å². The van der Waals surface area contributed by atoms with Crippen LogP contribution in [0.15, 0.2) is 78.0 Å². The highest BCUT2D eigenvalue weighted by Gasteiger charge is 2.14. The van der Waals surface area contributed by atoms with Gasteiger partial charge in [-0.3, -0.25) is 9.36 Å². The summed E-state index contributed by atoms with van der Waals surface area (Å²) < 4.78 is 3.05. The number of aliphatic hydroxyl groups excluding tert-OH is 1. The molecule has 2 heterocycles. The molecule has 0 spiro atoms. The van der Waals surface area contributed by atoms with E-state index in [4.69, 9.17) is 0 Å². The minimum Gasteiger partial charge on any atom is -0.387 e. The summed E-state index contributed by atoms with van der Waals surface area (Å²) in [7, 11) is 0. The SMILES string of the molecule is O=c1c2cnn(-c3ccccc3)c2ncn1CC(O)c1ccccc1. The van der Waals surface area contributed by atoms with E-state index in [2.05, 4.69) is 10.1 Å². The van der Waals surface area contributed by atoms with Crippen LogP contribution in [-0.4, -0.2) is 24.4 Å². The Kier molecular flexibility index (Phi) is 3.87. The van der Waals surface area contributed by atoms with Crippen molar-refractivity contribution in [1.29, 1.82) is 0 Å². The molecule has 124 valence electrons. The second kappa shape index (κ2) is 6.33. The second-order valence-corrected chi connectivity index (χ2v) is 5.76. The highest BCUT2D eigenvalue weighted by atomic mass is 16.3. The monoisotopic (exact) mass is 332 g/mol. The molecule has 0 bridgehead atoms. The summed E-state index contributed by atoms with van der Waals surface area (Å²) in [6.45, 7) is 0.141. The molecule has 6 nitrogen and oxygen atoms in total. The number of benzene rings is 2. The zero-order valence-electron chi connectivity index (χ0n) is 13.4. The molecule has 1 atom stereocenters. The Hall–Kier alpha value is -3.25. The lowest BCUT2D eigenvalue weighted by Crippen LogP contribution is -2.23. The number of nitrogens with zero attached hydrogens (tertiary/aromatic N) is 4. The van der Waals surface area contributed by atoms with Crippen LogP contribution in [0.3, 0.4) is 0 Å². The first-order valence-corrected chi connectivity index (χ1v) is 7.95. The fourth-order valence-corrected chi connectivity index (χ4v) is 2.80. The van der Waals surface area contributed by atoms with E-state index in [0.717, 1.165) is 11.3 Å². The molecule has 25 heavy (non-hydrogen) atoms. The first kappa shape index (κ1) is 15.3. The highest BCUT2D eigenvalue weighted by Crippen LogP contribution is 2.16. The largest absolute Gasteiger partial charge is 0.387 e. The van der Waals surface area contributed by atoms with E-state index in [9.17, 15) is 9.90 Å². The summed E-state index contributed by atoms with van der Waals surface area (Å²) in [4.78, 5) is 17.1. The molecule has 2 aromatic heterocycles. The molecule has 0 aliphatic carbocycles. The van der Waals surface area contributed by atoms with Gasteiger partial charge in [-0.15, -0.1) is 0 Å². The quantitative estimate of drug-likeness (QED) is 0.622. The van der Waals surface area contributed by atoms with Gasteiger partial charge in [0.05, 0.1) is 24.5 Å². The Balaban J connectivity index is 1.71. The van der Waals surface area contributed by atoms with Crippen molar-refractivity contribution in [2.45, 2.75) is 12.6 Å². The lowest BCUT2D eigenvalue weighted by atomic mass is 10.1. The van der Waals surface area contributed by atoms with Crippen LogP contribution in [0, 0.1) is 0 Å². The molecule has 0 aliphatic heterocycles. The van der Waals surface area contributed by atoms with Gasteiger partial charge in [0, 0.05) is 0 Å². The standard InChI is InChI=1S/C19H16N4O2/c24-17(14-7-3-1-4-8-14)12-22-13-20-18-16(19(22)25)11-21-23(18)15-9-5-2-6-10-15/h1-11,13,17,24H,12H2. The molecular formula is C19H16N4O2. The van der Waals surface area contributed by atoms with Gasteiger partial charge in [-0.2, -0.15) is 5.10 Å². The van der Waals surface area contributed by atoms with Crippen molar-refractivity contribution in [1.82, 2.24) is 19.3 Å². The molecule has 0 saturated heterocycles. The Morgan fingerprint density at radius 1 is 1.00 bits per heavy atom. The third kappa shape index (κ3) is 2.83. The predicted molar refractivity (Wildman–Crippen MR) is 94.5 cm³/mol. The van der Waals surface area contributed by atoms with Gasteiger partial charge in [0.25, 0.3) is 5.56 Å². The van der Waals surface area contributed by atoms with Crippen molar-refractivity contribution in [2.75, 3.05) is 0 Å². The lowest BCUT2D eigenvalue weighted by Gasteiger charge is -2.12. The zero-order chi connectivity index (χ0) is 17.2. The molecule has 0 saturated carbocycles. The van der Waals surface area contributed by atoms with E-state index in [0.29, 0.717) is 11.0 Å². The van der Waals surface area contributed by atoms with Crippen molar-refractivity contribution in [3.05, 3.63) is 89.1 Å². The van der Waals surface area contributed by atoms with Crippen molar-refractivity contribution >= 4 is 11.0 Å². The molecule has 1 N–H and O–H groups in total. The normalized spacial score (nSPS) is 12.4. The number of para-hydroxylation sites is 1. The summed E-state index contributed by atoms with van der Waals surface area (Å²) in [5, 5.41) is 15.1. The first-order chi connectivity index (χ1) is 12.2. The molecule has 0 aliphatic rings. The van der Waals surface area contributed by atoms with Crippen molar-refractivity contribution in [2.24, 2.45) is 0 Å². The number of aliphatic hydroxyl groups is 1. The Morgan fingerprint density at radius 3 is 2.40 bits per heavy atom. The van der Waals surface area contributed by atoms with Crippen LogP contribution >= 0.6 is 0 Å². The molecule has 0 fully saturated rings. The summed E-state index contributed by atoms with van der Waals surface area (Å²) in [6, 6.07) is 18.8. The van der Waals surface area contributed by atoms with Crippen molar-refractivity contribution in [3.63, 3.8) is 0 Å². The van der Waals surface area contributed by atoms with Crippen LogP contribution in [0.2, 0.25) is 0 Å². The number of aromatic nitrogens is 4. The summed E-state index contributed by atoms with van der Waals surface area (Å²) in [6.07, 6.45) is 2.20. The second-order valence-electron chi connectivity index (χ2n) is 5.76. The van der Waals surface area contributed by atoms with Gasteiger partial charge in [0.2, 0.25) is 0 Å². The highest BCUT2D eigenvalue weighted by molar-refractivity contribution is 5.74. The Morgan fingerprint density at radius 2 is 1.68 bits per heavy atom.